The molecule has 0 spiro atoms. The molecule has 2 rings (SSSR count). The molecule has 0 saturated carbocycles. The number of aliphatic hydroxyl groups excluding tert-OH is 1. The number of urea groups is 1. The second-order valence-corrected chi connectivity index (χ2v) is 6.33. The monoisotopic (exact) mass is 290 g/mol. The van der Waals surface area contributed by atoms with Crippen molar-refractivity contribution in [1.29, 1.82) is 0 Å². The summed E-state index contributed by atoms with van der Waals surface area (Å²) in [7, 11) is 0. The van der Waals surface area contributed by atoms with Crippen LogP contribution >= 0.6 is 0 Å². The maximum absolute atomic E-state index is 12.2. The topological polar surface area (TPSA) is 52.6 Å². The molecule has 1 aliphatic heterocycles. The van der Waals surface area contributed by atoms with Crippen LogP contribution in [0.2, 0.25) is 0 Å². The third-order valence-corrected chi connectivity index (χ3v) is 4.02. The van der Waals surface area contributed by atoms with E-state index in [1.807, 2.05) is 6.92 Å². The lowest BCUT2D eigenvalue weighted by molar-refractivity contribution is 0.195. The summed E-state index contributed by atoms with van der Waals surface area (Å²) in [4.78, 5) is 14.0. The zero-order valence-corrected chi connectivity index (χ0v) is 13.2. The molecular weight excluding hydrogens is 264 g/mol. The number of benzene rings is 1. The molecule has 2 amide bonds. The fourth-order valence-electron chi connectivity index (χ4n) is 3.06. The second kappa shape index (κ2) is 6.94. The third kappa shape index (κ3) is 4.46. The molecule has 21 heavy (non-hydrogen) atoms. The lowest BCUT2D eigenvalue weighted by atomic mass is 10.0. The van der Waals surface area contributed by atoms with Gasteiger partial charge in [-0.25, -0.2) is 4.79 Å². The van der Waals surface area contributed by atoms with Crippen LogP contribution in [-0.4, -0.2) is 41.8 Å². The summed E-state index contributed by atoms with van der Waals surface area (Å²) in [6, 6.07) is 6.60. The van der Waals surface area contributed by atoms with Crippen molar-refractivity contribution in [3.8, 4) is 0 Å². The maximum Gasteiger partial charge on any atom is 0.317 e. The number of aryl methyl sites for hydroxylation is 2. The van der Waals surface area contributed by atoms with E-state index in [2.05, 4.69) is 37.4 Å². The van der Waals surface area contributed by atoms with Crippen LogP contribution in [0.15, 0.2) is 18.2 Å². The van der Waals surface area contributed by atoms with E-state index < -0.39 is 0 Å². The number of carbonyl (C=O) groups excluding carboxylic acids is 1. The van der Waals surface area contributed by atoms with Crippen LogP contribution in [0.25, 0.3) is 0 Å². The Bertz CT molecular complexity index is 481. The van der Waals surface area contributed by atoms with Gasteiger partial charge in [0, 0.05) is 31.7 Å². The molecule has 1 saturated heterocycles. The van der Waals surface area contributed by atoms with Crippen LogP contribution in [0.1, 0.15) is 30.0 Å². The van der Waals surface area contributed by atoms with Gasteiger partial charge < -0.3 is 15.3 Å². The van der Waals surface area contributed by atoms with E-state index in [9.17, 15) is 4.79 Å². The van der Waals surface area contributed by atoms with Crippen LogP contribution in [-0.2, 0) is 6.42 Å². The highest BCUT2D eigenvalue weighted by molar-refractivity contribution is 5.74. The molecule has 1 heterocycles. The number of hydrogen-bond donors (Lipinski definition) is 2. The van der Waals surface area contributed by atoms with E-state index in [-0.39, 0.29) is 24.6 Å². The van der Waals surface area contributed by atoms with Crippen LogP contribution in [0, 0.1) is 19.8 Å². The van der Waals surface area contributed by atoms with E-state index in [1.54, 1.807) is 4.90 Å². The minimum absolute atomic E-state index is 0.0113. The molecular formula is C17H26N2O2. The normalized spacial score (nSPS) is 19.6. The van der Waals surface area contributed by atoms with Gasteiger partial charge in [-0.15, -0.1) is 0 Å². The van der Waals surface area contributed by atoms with Gasteiger partial charge in [0.1, 0.15) is 0 Å². The highest BCUT2D eigenvalue weighted by atomic mass is 16.3. The number of likely N-dealkylation sites (tertiary alicyclic amines) is 1. The van der Waals surface area contributed by atoms with Crippen molar-refractivity contribution < 1.29 is 9.90 Å². The Labute approximate surface area is 127 Å². The molecule has 0 aliphatic carbocycles. The average Bonchev–Trinajstić information content (AvgIpc) is 2.85. The molecule has 1 fully saturated rings. The van der Waals surface area contributed by atoms with Gasteiger partial charge in [0.05, 0.1) is 0 Å². The molecule has 0 bridgehead atoms. The lowest BCUT2D eigenvalue weighted by Crippen LogP contribution is -2.43. The van der Waals surface area contributed by atoms with E-state index in [1.165, 1.54) is 16.7 Å². The highest BCUT2D eigenvalue weighted by Gasteiger charge is 2.26. The zero-order valence-electron chi connectivity index (χ0n) is 13.2. The fourth-order valence-corrected chi connectivity index (χ4v) is 3.06. The largest absolute Gasteiger partial charge is 0.396 e. The molecule has 116 valence electrons. The highest BCUT2D eigenvalue weighted by Crippen LogP contribution is 2.16. The van der Waals surface area contributed by atoms with Crippen molar-refractivity contribution in [2.24, 2.45) is 5.92 Å². The molecule has 1 aromatic carbocycles. The number of nitrogens with zero attached hydrogens (tertiary/aromatic N) is 1. The SMILES string of the molecule is Cc1cc(C)cc(CC(C)NC(=O)N2CCC(CO)C2)c1. The van der Waals surface area contributed by atoms with E-state index in [4.69, 9.17) is 5.11 Å². The van der Waals surface area contributed by atoms with Gasteiger partial charge in [0.25, 0.3) is 0 Å². The summed E-state index contributed by atoms with van der Waals surface area (Å²) in [6.07, 6.45) is 1.74. The molecule has 4 heteroatoms. The van der Waals surface area contributed by atoms with Crippen molar-refractivity contribution in [3.63, 3.8) is 0 Å². The first-order valence-corrected chi connectivity index (χ1v) is 7.71. The molecule has 2 atom stereocenters. The molecule has 0 radical (unpaired) electrons. The third-order valence-electron chi connectivity index (χ3n) is 4.02. The van der Waals surface area contributed by atoms with Crippen molar-refractivity contribution in [2.75, 3.05) is 19.7 Å². The Morgan fingerprint density at radius 3 is 2.62 bits per heavy atom. The summed E-state index contributed by atoms with van der Waals surface area (Å²) in [6.45, 7) is 7.81. The number of amides is 2. The van der Waals surface area contributed by atoms with Crippen LogP contribution in [0.3, 0.4) is 0 Å². The Morgan fingerprint density at radius 2 is 2.05 bits per heavy atom. The number of nitrogens with one attached hydrogen (secondary N) is 1. The zero-order chi connectivity index (χ0) is 15.4. The van der Waals surface area contributed by atoms with Gasteiger partial charge >= 0.3 is 6.03 Å². The van der Waals surface area contributed by atoms with Gasteiger partial charge in [-0.05, 0) is 39.2 Å². The molecule has 1 aliphatic rings. The van der Waals surface area contributed by atoms with Crippen molar-refractivity contribution in [3.05, 3.63) is 34.9 Å². The van der Waals surface area contributed by atoms with Crippen LogP contribution < -0.4 is 5.32 Å². The van der Waals surface area contributed by atoms with Gasteiger partial charge in [-0.1, -0.05) is 29.3 Å². The van der Waals surface area contributed by atoms with E-state index >= 15 is 0 Å². The quantitative estimate of drug-likeness (QED) is 0.893. The van der Waals surface area contributed by atoms with Gasteiger partial charge in [0.15, 0.2) is 0 Å². The van der Waals surface area contributed by atoms with Gasteiger partial charge in [-0.2, -0.15) is 0 Å². The summed E-state index contributed by atoms with van der Waals surface area (Å²) < 4.78 is 0. The number of rotatable bonds is 4. The summed E-state index contributed by atoms with van der Waals surface area (Å²) >= 11 is 0. The Kier molecular flexibility index (Phi) is 5.23. The van der Waals surface area contributed by atoms with Crippen LogP contribution in [0.5, 0.6) is 0 Å². The maximum atomic E-state index is 12.2. The molecule has 4 nitrogen and oxygen atoms in total. The standard InChI is InChI=1S/C17H26N2O2/c1-12-6-13(2)8-16(7-12)9-14(3)18-17(21)19-5-4-15(10-19)11-20/h6-8,14-15,20H,4-5,9-11H2,1-3H3,(H,18,21). The van der Waals surface area contributed by atoms with Crippen molar-refractivity contribution in [2.45, 2.75) is 39.7 Å². The Morgan fingerprint density at radius 1 is 1.38 bits per heavy atom. The Hall–Kier alpha value is -1.55. The number of carbonyl (C=O) groups is 1. The summed E-state index contributed by atoms with van der Waals surface area (Å²) in [5.41, 5.74) is 3.78. The van der Waals surface area contributed by atoms with E-state index in [0.717, 1.165) is 19.4 Å². The molecule has 1 aromatic rings. The molecule has 2 unspecified atom stereocenters. The van der Waals surface area contributed by atoms with Crippen molar-refractivity contribution >= 4 is 6.03 Å². The minimum Gasteiger partial charge on any atom is -0.396 e. The Balaban J connectivity index is 1.86. The summed E-state index contributed by atoms with van der Waals surface area (Å²) in [5, 5.41) is 12.2. The number of aliphatic hydroxyl groups is 1. The first-order chi connectivity index (χ1) is 9.97. The van der Waals surface area contributed by atoms with Gasteiger partial charge in [-0.3, -0.25) is 0 Å². The second-order valence-electron chi connectivity index (χ2n) is 6.33. The van der Waals surface area contributed by atoms with Crippen molar-refractivity contribution in [1.82, 2.24) is 10.2 Å². The smallest absolute Gasteiger partial charge is 0.317 e. The first kappa shape index (κ1) is 15.8. The van der Waals surface area contributed by atoms with Gasteiger partial charge in [0.2, 0.25) is 0 Å². The van der Waals surface area contributed by atoms with Crippen LogP contribution in [0.4, 0.5) is 4.79 Å². The molecule has 0 aromatic heterocycles. The first-order valence-electron chi connectivity index (χ1n) is 7.71. The fraction of sp³-hybridized carbons (Fsp3) is 0.588. The average molecular weight is 290 g/mol. The van der Waals surface area contributed by atoms with E-state index in [0.29, 0.717) is 6.54 Å². The minimum atomic E-state index is -0.0113. The predicted molar refractivity (Wildman–Crippen MR) is 84.4 cm³/mol. The number of hydrogen-bond acceptors (Lipinski definition) is 2. The lowest BCUT2D eigenvalue weighted by Gasteiger charge is -2.21. The predicted octanol–water partition coefficient (Wildman–Crippen LogP) is 2.26. The molecule has 2 N–H and O–H groups in total. The summed E-state index contributed by atoms with van der Waals surface area (Å²) in [5.74, 6) is 0.241.